The zero-order chi connectivity index (χ0) is 12.3. The quantitative estimate of drug-likeness (QED) is 0.824. The van der Waals surface area contributed by atoms with E-state index in [-0.39, 0.29) is 11.8 Å². The standard InChI is InChI=1S/C14H20N2O/c1-10-3-5-12(6-4-10)11(2)7-16-14(17)13-8-15-9-13/h3-6,11,13,15H,7-9H2,1-2H3,(H,16,17). The van der Waals surface area contributed by atoms with Gasteiger partial charge in [-0.3, -0.25) is 4.79 Å². The highest BCUT2D eigenvalue weighted by molar-refractivity contribution is 5.80. The van der Waals surface area contributed by atoms with Crippen LogP contribution in [0.4, 0.5) is 0 Å². The van der Waals surface area contributed by atoms with Crippen molar-refractivity contribution in [2.75, 3.05) is 19.6 Å². The Morgan fingerprint density at radius 3 is 2.59 bits per heavy atom. The summed E-state index contributed by atoms with van der Waals surface area (Å²) in [6, 6.07) is 8.50. The molecule has 3 heteroatoms. The summed E-state index contributed by atoms with van der Waals surface area (Å²) in [5.41, 5.74) is 2.55. The Balaban J connectivity index is 1.82. The number of carbonyl (C=O) groups is 1. The summed E-state index contributed by atoms with van der Waals surface area (Å²) in [6.07, 6.45) is 0. The fraction of sp³-hybridized carbons (Fsp3) is 0.500. The minimum Gasteiger partial charge on any atom is -0.355 e. The molecule has 1 aromatic carbocycles. The van der Waals surface area contributed by atoms with Crippen LogP contribution in [0.2, 0.25) is 0 Å². The largest absolute Gasteiger partial charge is 0.355 e. The van der Waals surface area contributed by atoms with E-state index in [1.807, 2.05) is 0 Å². The van der Waals surface area contributed by atoms with Gasteiger partial charge in [0, 0.05) is 19.6 Å². The monoisotopic (exact) mass is 232 g/mol. The Morgan fingerprint density at radius 2 is 2.06 bits per heavy atom. The maximum atomic E-state index is 11.7. The molecule has 1 aromatic rings. The molecule has 0 aliphatic carbocycles. The first-order valence-corrected chi connectivity index (χ1v) is 6.22. The fourth-order valence-corrected chi connectivity index (χ4v) is 1.88. The average Bonchev–Trinajstić information content (AvgIpc) is 2.24. The van der Waals surface area contributed by atoms with Gasteiger partial charge in [0.05, 0.1) is 5.92 Å². The number of aryl methyl sites for hydroxylation is 1. The molecule has 0 spiro atoms. The van der Waals surface area contributed by atoms with E-state index in [1.54, 1.807) is 0 Å². The van der Waals surface area contributed by atoms with Crippen molar-refractivity contribution >= 4 is 5.91 Å². The lowest BCUT2D eigenvalue weighted by molar-refractivity contribution is -0.126. The lowest BCUT2D eigenvalue weighted by Gasteiger charge is -2.26. The minimum atomic E-state index is 0.181. The van der Waals surface area contributed by atoms with Crippen LogP contribution in [-0.2, 0) is 4.79 Å². The Labute approximate surface area is 103 Å². The van der Waals surface area contributed by atoms with Crippen LogP contribution in [0.5, 0.6) is 0 Å². The predicted octanol–water partition coefficient (Wildman–Crippen LogP) is 1.43. The van der Waals surface area contributed by atoms with Gasteiger partial charge in [-0.15, -0.1) is 0 Å². The van der Waals surface area contributed by atoms with Gasteiger partial charge in [0.2, 0.25) is 5.91 Å². The first-order chi connectivity index (χ1) is 8.16. The molecule has 2 rings (SSSR count). The highest BCUT2D eigenvalue weighted by atomic mass is 16.2. The summed E-state index contributed by atoms with van der Waals surface area (Å²) in [4.78, 5) is 11.7. The van der Waals surface area contributed by atoms with Crippen LogP contribution in [0.3, 0.4) is 0 Å². The van der Waals surface area contributed by atoms with Crippen molar-refractivity contribution in [3.05, 3.63) is 35.4 Å². The molecule has 1 amide bonds. The molecule has 0 saturated carbocycles. The zero-order valence-corrected chi connectivity index (χ0v) is 10.5. The smallest absolute Gasteiger partial charge is 0.225 e. The van der Waals surface area contributed by atoms with Gasteiger partial charge in [0.15, 0.2) is 0 Å². The second-order valence-corrected chi connectivity index (χ2v) is 4.91. The van der Waals surface area contributed by atoms with Gasteiger partial charge in [0.1, 0.15) is 0 Å². The van der Waals surface area contributed by atoms with E-state index < -0.39 is 0 Å². The summed E-state index contributed by atoms with van der Waals surface area (Å²) in [7, 11) is 0. The van der Waals surface area contributed by atoms with Crippen LogP contribution >= 0.6 is 0 Å². The molecule has 1 fully saturated rings. The van der Waals surface area contributed by atoms with Crippen molar-refractivity contribution in [3.8, 4) is 0 Å². The van der Waals surface area contributed by atoms with E-state index in [9.17, 15) is 4.79 Å². The maximum absolute atomic E-state index is 11.7. The van der Waals surface area contributed by atoms with Crippen molar-refractivity contribution in [1.29, 1.82) is 0 Å². The van der Waals surface area contributed by atoms with Crippen LogP contribution in [0.25, 0.3) is 0 Å². The molecular weight excluding hydrogens is 212 g/mol. The van der Waals surface area contributed by atoms with E-state index in [0.29, 0.717) is 5.92 Å². The minimum absolute atomic E-state index is 0.181. The van der Waals surface area contributed by atoms with Crippen LogP contribution in [0.1, 0.15) is 24.0 Å². The van der Waals surface area contributed by atoms with Crippen molar-refractivity contribution < 1.29 is 4.79 Å². The summed E-state index contributed by atoms with van der Waals surface area (Å²) >= 11 is 0. The molecule has 1 aliphatic rings. The molecule has 0 radical (unpaired) electrons. The molecule has 17 heavy (non-hydrogen) atoms. The first kappa shape index (κ1) is 12.1. The second-order valence-electron chi connectivity index (χ2n) is 4.91. The highest BCUT2D eigenvalue weighted by Gasteiger charge is 2.24. The van der Waals surface area contributed by atoms with Gasteiger partial charge < -0.3 is 10.6 Å². The molecule has 2 N–H and O–H groups in total. The van der Waals surface area contributed by atoms with E-state index in [2.05, 4.69) is 48.7 Å². The van der Waals surface area contributed by atoms with Crippen molar-refractivity contribution in [1.82, 2.24) is 10.6 Å². The zero-order valence-electron chi connectivity index (χ0n) is 10.5. The number of benzene rings is 1. The molecular formula is C14H20N2O. The molecule has 1 unspecified atom stereocenters. The van der Waals surface area contributed by atoms with Crippen molar-refractivity contribution in [2.24, 2.45) is 5.92 Å². The number of hydrogen-bond acceptors (Lipinski definition) is 2. The van der Waals surface area contributed by atoms with Gasteiger partial charge in [-0.05, 0) is 18.4 Å². The Kier molecular flexibility index (Phi) is 3.79. The molecule has 1 heterocycles. The molecule has 3 nitrogen and oxygen atoms in total. The molecule has 0 aromatic heterocycles. The molecule has 1 atom stereocenters. The Hall–Kier alpha value is -1.35. The van der Waals surface area contributed by atoms with E-state index in [0.717, 1.165) is 19.6 Å². The molecule has 1 saturated heterocycles. The van der Waals surface area contributed by atoms with Crippen molar-refractivity contribution in [3.63, 3.8) is 0 Å². The first-order valence-electron chi connectivity index (χ1n) is 6.22. The maximum Gasteiger partial charge on any atom is 0.225 e. The van der Waals surface area contributed by atoms with Gasteiger partial charge in [-0.1, -0.05) is 36.8 Å². The normalized spacial score (nSPS) is 17.3. The average molecular weight is 232 g/mol. The lowest BCUT2D eigenvalue weighted by Crippen LogP contribution is -2.51. The lowest BCUT2D eigenvalue weighted by atomic mass is 9.98. The SMILES string of the molecule is Cc1ccc(C(C)CNC(=O)C2CNC2)cc1. The van der Waals surface area contributed by atoms with Crippen LogP contribution in [0.15, 0.2) is 24.3 Å². The van der Waals surface area contributed by atoms with Crippen molar-refractivity contribution in [2.45, 2.75) is 19.8 Å². The van der Waals surface area contributed by atoms with E-state index in [1.165, 1.54) is 11.1 Å². The number of rotatable bonds is 4. The summed E-state index contributed by atoms with van der Waals surface area (Å²) < 4.78 is 0. The van der Waals surface area contributed by atoms with Crippen LogP contribution in [-0.4, -0.2) is 25.5 Å². The van der Waals surface area contributed by atoms with Gasteiger partial charge >= 0.3 is 0 Å². The summed E-state index contributed by atoms with van der Waals surface area (Å²) in [5.74, 6) is 0.732. The van der Waals surface area contributed by atoms with Crippen LogP contribution < -0.4 is 10.6 Å². The second kappa shape index (κ2) is 5.32. The number of amides is 1. The third kappa shape index (κ3) is 3.07. The van der Waals surface area contributed by atoms with Crippen LogP contribution in [0, 0.1) is 12.8 Å². The highest BCUT2D eigenvalue weighted by Crippen LogP contribution is 2.15. The van der Waals surface area contributed by atoms with Gasteiger partial charge in [-0.2, -0.15) is 0 Å². The number of carbonyl (C=O) groups excluding carboxylic acids is 1. The number of hydrogen-bond donors (Lipinski definition) is 2. The predicted molar refractivity (Wildman–Crippen MR) is 69.0 cm³/mol. The van der Waals surface area contributed by atoms with E-state index in [4.69, 9.17) is 0 Å². The molecule has 0 bridgehead atoms. The third-order valence-electron chi connectivity index (χ3n) is 3.38. The fourth-order valence-electron chi connectivity index (χ4n) is 1.88. The topological polar surface area (TPSA) is 41.1 Å². The van der Waals surface area contributed by atoms with E-state index >= 15 is 0 Å². The van der Waals surface area contributed by atoms with Gasteiger partial charge in [0.25, 0.3) is 0 Å². The Bertz CT molecular complexity index is 382. The molecule has 1 aliphatic heterocycles. The molecule has 92 valence electrons. The Morgan fingerprint density at radius 1 is 1.41 bits per heavy atom. The number of nitrogens with one attached hydrogen (secondary N) is 2. The summed E-state index contributed by atoms with van der Waals surface area (Å²) in [6.45, 7) is 6.59. The third-order valence-corrected chi connectivity index (χ3v) is 3.38. The summed E-state index contributed by atoms with van der Waals surface area (Å²) in [5, 5.41) is 6.13. The van der Waals surface area contributed by atoms with Gasteiger partial charge in [-0.25, -0.2) is 0 Å².